The van der Waals surface area contributed by atoms with E-state index in [1.54, 1.807) is 0 Å². The molecule has 0 heterocycles. The van der Waals surface area contributed by atoms with Crippen LogP contribution in [0.25, 0.3) is 0 Å². The van der Waals surface area contributed by atoms with Gasteiger partial charge in [0.2, 0.25) is 5.91 Å². The molecular weight excluding hydrogens is 338 g/mol. The Balaban J connectivity index is 1.94. The van der Waals surface area contributed by atoms with Crippen LogP contribution in [-0.2, 0) is 11.2 Å². The molecule has 0 aliphatic carbocycles. The van der Waals surface area contributed by atoms with E-state index < -0.39 is 4.92 Å². The van der Waals surface area contributed by atoms with Gasteiger partial charge in [-0.2, -0.15) is 0 Å². The number of nitro groups is 1. The van der Waals surface area contributed by atoms with E-state index in [0.717, 1.165) is 5.56 Å². The van der Waals surface area contributed by atoms with Gasteiger partial charge in [-0.3, -0.25) is 14.9 Å². The number of nitrogens with one attached hydrogen (secondary N) is 2. The van der Waals surface area contributed by atoms with Crippen molar-refractivity contribution in [3.8, 4) is 0 Å². The van der Waals surface area contributed by atoms with Crippen LogP contribution in [0.5, 0.6) is 0 Å². The van der Waals surface area contributed by atoms with Gasteiger partial charge in [-0.05, 0) is 23.8 Å². The summed E-state index contributed by atoms with van der Waals surface area (Å²) in [5, 5.41) is 16.1. The molecule has 23 heavy (non-hydrogen) atoms. The first-order valence-electron chi connectivity index (χ1n) is 6.54. The molecule has 118 valence electrons. The predicted octanol–water partition coefficient (Wildman–Crippen LogP) is 3.30. The van der Waals surface area contributed by atoms with Crippen molar-refractivity contribution >= 4 is 46.2 Å². The molecule has 0 saturated heterocycles. The van der Waals surface area contributed by atoms with E-state index in [2.05, 4.69) is 10.6 Å². The van der Waals surface area contributed by atoms with Crippen LogP contribution in [-0.4, -0.2) is 15.9 Å². The highest BCUT2D eigenvalue weighted by Crippen LogP contribution is 2.26. The number of hydrogen-bond donors (Lipinski definition) is 2. The molecule has 0 fully saturated rings. The van der Waals surface area contributed by atoms with E-state index in [1.807, 2.05) is 30.3 Å². The van der Waals surface area contributed by atoms with Crippen LogP contribution in [0.3, 0.4) is 0 Å². The minimum atomic E-state index is -0.546. The topological polar surface area (TPSA) is 84.3 Å². The van der Waals surface area contributed by atoms with Gasteiger partial charge >= 0.3 is 0 Å². The Labute approximate surface area is 142 Å². The second-order valence-electron chi connectivity index (χ2n) is 4.59. The number of halogens is 1. The van der Waals surface area contributed by atoms with Gasteiger partial charge < -0.3 is 10.6 Å². The van der Waals surface area contributed by atoms with Crippen LogP contribution in [0.15, 0.2) is 48.5 Å². The normalized spacial score (nSPS) is 9.96. The summed E-state index contributed by atoms with van der Waals surface area (Å²) in [5.74, 6) is -0.272. The number of carbonyl (C=O) groups excluding carboxylic acids is 1. The van der Waals surface area contributed by atoms with E-state index in [0.29, 0.717) is 5.69 Å². The number of nitro benzene ring substituents is 1. The molecule has 8 heteroatoms. The first kappa shape index (κ1) is 16.9. The number of nitrogens with zero attached hydrogens (tertiary/aromatic N) is 1. The lowest BCUT2D eigenvalue weighted by Gasteiger charge is -2.10. The highest BCUT2D eigenvalue weighted by molar-refractivity contribution is 7.80. The quantitative estimate of drug-likeness (QED) is 0.502. The maximum atomic E-state index is 11.9. The molecule has 2 aromatic rings. The maximum Gasteiger partial charge on any atom is 0.271 e. The minimum Gasteiger partial charge on any atom is -0.331 e. The van der Waals surface area contributed by atoms with E-state index in [9.17, 15) is 14.9 Å². The minimum absolute atomic E-state index is 0.0710. The van der Waals surface area contributed by atoms with E-state index in [-0.39, 0.29) is 28.2 Å². The Kier molecular flexibility index (Phi) is 5.61. The average molecular weight is 350 g/mol. The summed E-state index contributed by atoms with van der Waals surface area (Å²) in [7, 11) is 0. The zero-order chi connectivity index (χ0) is 16.8. The SMILES string of the molecule is O=C(Cc1ccccc1)NC(=S)Nc1ccc([N+](=O)[O-])cc1Cl. The zero-order valence-corrected chi connectivity index (χ0v) is 13.4. The van der Waals surface area contributed by atoms with Crippen molar-refractivity contribution in [2.24, 2.45) is 0 Å². The number of rotatable bonds is 4. The summed E-state index contributed by atoms with van der Waals surface area (Å²) in [6, 6.07) is 13.2. The lowest BCUT2D eigenvalue weighted by molar-refractivity contribution is -0.384. The third-order valence-corrected chi connectivity index (χ3v) is 3.39. The molecule has 0 radical (unpaired) electrons. The molecule has 0 bridgehead atoms. The monoisotopic (exact) mass is 349 g/mol. The third-order valence-electron chi connectivity index (χ3n) is 2.87. The summed E-state index contributed by atoms with van der Waals surface area (Å²) >= 11 is 11.0. The number of carbonyl (C=O) groups is 1. The van der Waals surface area contributed by atoms with Gasteiger partial charge in [0.1, 0.15) is 0 Å². The molecular formula is C15H12ClN3O3S. The van der Waals surface area contributed by atoms with E-state index in [4.69, 9.17) is 23.8 Å². The van der Waals surface area contributed by atoms with Gasteiger partial charge in [-0.15, -0.1) is 0 Å². The highest BCUT2D eigenvalue weighted by Gasteiger charge is 2.11. The fourth-order valence-electron chi connectivity index (χ4n) is 1.82. The summed E-state index contributed by atoms with van der Waals surface area (Å²) < 4.78 is 0. The molecule has 0 aliphatic rings. The summed E-state index contributed by atoms with van der Waals surface area (Å²) in [5.41, 5.74) is 1.11. The third kappa shape index (κ3) is 5.01. The van der Waals surface area contributed by atoms with Crippen molar-refractivity contribution in [2.45, 2.75) is 6.42 Å². The molecule has 2 rings (SSSR count). The summed E-state index contributed by atoms with van der Waals surface area (Å²) in [6.07, 6.45) is 0.191. The first-order chi connectivity index (χ1) is 11.0. The number of hydrogen-bond acceptors (Lipinski definition) is 4. The number of thiocarbonyl (C=S) groups is 1. The van der Waals surface area contributed by atoms with Crippen molar-refractivity contribution in [3.05, 3.63) is 69.2 Å². The lowest BCUT2D eigenvalue weighted by atomic mass is 10.1. The predicted molar refractivity (Wildman–Crippen MR) is 92.6 cm³/mol. The van der Waals surface area contributed by atoms with Crippen LogP contribution in [0.2, 0.25) is 5.02 Å². The number of amides is 1. The molecule has 2 N–H and O–H groups in total. The van der Waals surface area contributed by atoms with Crippen LogP contribution in [0, 0.1) is 10.1 Å². The Bertz CT molecular complexity index is 753. The largest absolute Gasteiger partial charge is 0.331 e. The lowest BCUT2D eigenvalue weighted by Crippen LogP contribution is -2.35. The van der Waals surface area contributed by atoms with Crippen LogP contribution >= 0.6 is 23.8 Å². The van der Waals surface area contributed by atoms with Gasteiger partial charge in [0.15, 0.2) is 5.11 Å². The van der Waals surface area contributed by atoms with Crippen LogP contribution in [0.4, 0.5) is 11.4 Å². The van der Waals surface area contributed by atoms with Gasteiger partial charge in [-0.25, -0.2) is 0 Å². The second kappa shape index (κ2) is 7.66. The second-order valence-corrected chi connectivity index (χ2v) is 5.40. The Morgan fingerprint density at radius 3 is 2.52 bits per heavy atom. The van der Waals surface area contributed by atoms with Gasteiger partial charge in [-0.1, -0.05) is 41.9 Å². The molecule has 6 nitrogen and oxygen atoms in total. The fraction of sp³-hybridized carbons (Fsp3) is 0.0667. The molecule has 2 aromatic carbocycles. The molecule has 0 spiro atoms. The van der Waals surface area contributed by atoms with Gasteiger partial charge in [0.25, 0.3) is 5.69 Å². The molecule has 0 unspecified atom stereocenters. The standard InChI is InChI=1S/C15H12ClN3O3S/c16-12-9-11(19(21)22)6-7-13(12)17-15(23)18-14(20)8-10-4-2-1-3-5-10/h1-7,9H,8H2,(H2,17,18,20,23). The summed E-state index contributed by atoms with van der Waals surface area (Å²) in [6.45, 7) is 0. The van der Waals surface area contributed by atoms with Crippen molar-refractivity contribution in [1.82, 2.24) is 5.32 Å². The van der Waals surface area contributed by atoms with Crippen LogP contribution in [0.1, 0.15) is 5.56 Å². The van der Waals surface area contributed by atoms with Crippen molar-refractivity contribution < 1.29 is 9.72 Å². The number of benzene rings is 2. The smallest absolute Gasteiger partial charge is 0.271 e. The average Bonchev–Trinajstić information content (AvgIpc) is 2.49. The Hall–Kier alpha value is -2.51. The molecule has 0 saturated carbocycles. The molecule has 0 aromatic heterocycles. The van der Waals surface area contributed by atoms with E-state index in [1.165, 1.54) is 18.2 Å². The molecule has 0 atom stereocenters. The maximum absolute atomic E-state index is 11.9. The molecule has 0 aliphatic heterocycles. The van der Waals surface area contributed by atoms with Gasteiger partial charge in [0.05, 0.1) is 22.1 Å². The van der Waals surface area contributed by atoms with E-state index >= 15 is 0 Å². The van der Waals surface area contributed by atoms with Crippen molar-refractivity contribution in [1.29, 1.82) is 0 Å². The molecule has 1 amide bonds. The first-order valence-corrected chi connectivity index (χ1v) is 7.33. The Morgan fingerprint density at radius 2 is 1.91 bits per heavy atom. The fourth-order valence-corrected chi connectivity index (χ4v) is 2.27. The highest BCUT2D eigenvalue weighted by atomic mass is 35.5. The zero-order valence-electron chi connectivity index (χ0n) is 11.8. The summed E-state index contributed by atoms with van der Waals surface area (Å²) in [4.78, 5) is 22.0. The van der Waals surface area contributed by atoms with Gasteiger partial charge in [0, 0.05) is 12.1 Å². The van der Waals surface area contributed by atoms with Crippen LogP contribution < -0.4 is 10.6 Å². The number of non-ortho nitro benzene ring substituents is 1. The van der Waals surface area contributed by atoms with Crippen molar-refractivity contribution in [3.63, 3.8) is 0 Å². The Morgan fingerprint density at radius 1 is 1.22 bits per heavy atom. The number of anilines is 1. The van der Waals surface area contributed by atoms with Crippen molar-refractivity contribution in [2.75, 3.05) is 5.32 Å².